The fraction of sp³-hybridized carbons (Fsp3) is 0.429. The molecule has 1 aliphatic carbocycles. The molecule has 28 heavy (non-hydrogen) atoms. The Morgan fingerprint density at radius 3 is 2.39 bits per heavy atom. The minimum Gasteiger partial charge on any atom is -0.456 e. The van der Waals surface area contributed by atoms with Crippen LogP contribution in [0.4, 0.5) is 0 Å². The summed E-state index contributed by atoms with van der Waals surface area (Å²) in [5, 5.41) is 2.70. The van der Waals surface area contributed by atoms with Gasteiger partial charge in [0.15, 0.2) is 6.61 Å². The first-order valence-electron chi connectivity index (χ1n) is 9.44. The van der Waals surface area contributed by atoms with Crippen LogP contribution in [-0.4, -0.2) is 41.7 Å². The van der Waals surface area contributed by atoms with Crippen molar-refractivity contribution in [1.29, 1.82) is 0 Å². The zero-order chi connectivity index (χ0) is 20.1. The van der Waals surface area contributed by atoms with Gasteiger partial charge in [0, 0.05) is 13.1 Å². The third-order valence-electron chi connectivity index (χ3n) is 5.24. The summed E-state index contributed by atoms with van der Waals surface area (Å²) in [6, 6.07) is 7.68. The number of ether oxygens (including phenoxy) is 1. The molecule has 0 saturated carbocycles. The van der Waals surface area contributed by atoms with Crippen LogP contribution in [0.2, 0.25) is 0 Å². The smallest absolute Gasteiger partial charge is 0.308 e. The van der Waals surface area contributed by atoms with Gasteiger partial charge in [0.2, 0.25) is 11.8 Å². The number of hydrogen-bond acceptors (Lipinski definition) is 5. The first-order chi connectivity index (χ1) is 13.5. The minimum absolute atomic E-state index is 0.00563. The zero-order valence-corrected chi connectivity index (χ0v) is 15.8. The largest absolute Gasteiger partial charge is 0.456 e. The maximum absolute atomic E-state index is 12.3. The number of benzene rings is 1. The summed E-state index contributed by atoms with van der Waals surface area (Å²) in [7, 11) is 0. The highest BCUT2D eigenvalue weighted by molar-refractivity contribution is 6.05. The molecule has 1 saturated heterocycles. The van der Waals surface area contributed by atoms with Crippen LogP contribution in [0.25, 0.3) is 0 Å². The van der Waals surface area contributed by atoms with Gasteiger partial charge in [-0.1, -0.05) is 36.4 Å². The van der Waals surface area contributed by atoms with E-state index in [1.54, 1.807) is 0 Å². The number of carbonyl (C=O) groups excluding carboxylic acids is 4. The number of fused-ring (bicyclic) bond motifs is 1. The molecular weight excluding hydrogens is 360 g/mol. The molecule has 1 heterocycles. The van der Waals surface area contributed by atoms with E-state index in [2.05, 4.69) is 5.32 Å². The molecule has 0 unspecified atom stereocenters. The van der Waals surface area contributed by atoms with Crippen molar-refractivity contribution in [1.82, 2.24) is 10.2 Å². The lowest BCUT2D eigenvalue weighted by Gasteiger charge is -2.14. The number of hydrogen-bond donors (Lipinski definition) is 1. The summed E-state index contributed by atoms with van der Waals surface area (Å²) < 4.78 is 4.96. The molecule has 0 aromatic heterocycles. The fourth-order valence-corrected chi connectivity index (χ4v) is 3.56. The molecule has 1 N–H and O–H groups in total. The molecule has 0 radical (unpaired) electrons. The molecule has 7 nitrogen and oxygen atoms in total. The summed E-state index contributed by atoms with van der Waals surface area (Å²) in [6.07, 6.45) is 4.85. The Balaban J connectivity index is 1.39. The second-order valence-corrected chi connectivity index (χ2v) is 7.10. The van der Waals surface area contributed by atoms with E-state index in [4.69, 9.17) is 4.74 Å². The average molecular weight is 384 g/mol. The molecule has 0 spiro atoms. The maximum Gasteiger partial charge on any atom is 0.308 e. The van der Waals surface area contributed by atoms with Crippen molar-refractivity contribution in [3.8, 4) is 0 Å². The Morgan fingerprint density at radius 1 is 1.11 bits per heavy atom. The van der Waals surface area contributed by atoms with Crippen molar-refractivity contribution in [3.63, 3.8) is 0 Å². The Labute approximate surface area is 163 Å². The monoisotopic (exact) mass is 384 g/mol. The zero-order valence-electron chi connectivity index (χ0n) is 15.8. The van der Waals surface area contributed by atoms with Crippen molar-refractivity contribution in [2.24, 2.45) is 11.8 Å². The van der Waals surface area contributed by atoms with Gasteiger partial charge in [-0.3, -0.25) is 24.1 Å². The second kappa shape index (κ2) is 8.82. The molecule has 1 fully saturated rings. The van der Waals surface area contributed by atoms with E-state index in [0.717, 1.165) is 16.0 Å². The van der Waals surface area contributed by atoms with Gasteiger partial charge in [-0.25, -0.2) is 0 Å². The highest BCUT2D eigenvalue weighted by Crippen LogP contribution is 2.34. The Hall–Kier alpha value is -2.96. The number of carbonyl (C=O) groups is 4. The molecule has 2 atom stereocenters. The van der Waals surface area contributed by atoms with Gasteiger partial charge < -0.3 is 10.1 Å². The molecule has 2 aliphatic rings. The Kier molecular flexibility index (Phi) is 6.23. The number of amides is 3. The quantitative estimate of drug-likeness (QED) is 0.437. The van der Waals surface area contributed by atoms with Crippen LogP contribution in [0, 0.1) is 18.8 Å². The minimum atomic E-state index is -0.611. The average Bonchev–Trinajstić information content (AvgIpc) is 2.94. The van der Waals surface area contributed by atoms with Gasteiger partial charge in [0.25, 0.3) is 5.91 Å². The second-order valence-electron chi connectivity index (χ2n) is 7.10. The normalized spacial score (nSPS) is 20.8. The van der Waals surface area contributed by atoms with Crippen LogP contribution in [-0.2, 0) is 30.5 Å². The summed E-state index contributed by atoms with van der Waals surface area (Å²) in [6.45, 7) is 1.92. The number of esters is 1. The molecule has 1 aliphatic heterocycles. The fourth-order valence-electron chi connectivity index (χ4n) is 3.56. The number of aryl methyl sites for hydroxylation is 1. The van der Waals surface area contributed by atoms with E-state index >= 15 is 0 Å². The third-order valence-corrected chi connectivity index (χ3v) is 5.24. The van der Waals surface area contributed by atoms with Gasteiger partial charge in [-0.05, 0) is 30.9 Å². The number of nitrogens with one attached hydrogen (secondary N) is 1. The first-order valence-corrected chi connectivity index (χ1v) is 9.44. The Morgan fingerprint density at radius 2 is 1.75 bits per heavy atom. The van der Waals surface area contributed by atoms with Crippen molar-refractivity contribution in [3.05, 3.63) is 47.5 Å². The van der Waals surface area contributed by atoms with E-state index < -0.39 is 11.9 Å². The Bertz CT molecular complexity index is 791. The molecule has 1 aromatic rings. The number of allylic oxidation sites excluding steroid dienone is 2. The first kappa shape index (κ1) is 19.8. The van der Waals surface area contributed by atoms with Crippen LogP contribution in [0.5, 0.6) is 0 Å². The maximum atomic E-state index is 12.3. The SMILES string of the molecule is Cc1ccccc1CNC(=O)COC(=O)CCN1C(=O)[C@@H]2CC=CC[C@H]2C1=O. The van der Waals surface area contributed by atoms with E-state index in [-0.39, 0.29) is 43.2 Å². The standard InChI is InChI=1S/C21H24N2O5/c1-14-6-2-3-7-15(14)12-22-18(24)13-28-19(25)10-11-23-20(26)16-8-4-5-9-17(16)21(23)27/h2-7,16-17H,8-13H2,1H3,(H,22,24)/t16-,17-/m1/s1. The van der Waals surface area contributed by atoms with Crippen LogP contribution in [0.3, 0.4) is 0 Å². The van der Waals surface area contributed by atoms with Crippen molar-refractivity contribution in [2.45, 2.75) is 32.7 Å². The predicted octanol–water partition coefficient (Wildman–Crippen LogP) is 1.50. The van der Waals surface area contributed by atoms with E-state index in [1.165, 1.54) is 0 Å². The number of rotatable bonds is 7. The van der Waals surface area contributed by atoms with Gasteiger partial charge in [0.1, 0.15) is 0 Å². The van der Waals surface area contributed by atoms with Crippen LogP contribution >= 0.6 is 0 Å². The molecular formula is C21H24N2O5. The van der Waals surface area contributed by atoms with Crippen molar-refractivity contribution >= 4 is 23.7 Å². The molecule has 3 amide bonds. The van der Waals surface area contributed by atoms with Gasteiger partial charge >= 0.3 is 5.97 Å². The molecule has 0 bridgehead atoms. The lowest BCUT2D eigenvalue weighted by Crippen LogP contribution is -2.34. The van der Waals surface area contributed by atoms with Gasteiger partial charge in [-0.15, -0.1) is 0 Å². The topological polar surface area (TPSA) is 92.8 Å². The molecule has 3 rings (SSSR count). The van der Waals surface area contributed by atoms with Crippen molar-refractivity contribution in [2.75, 3.05) is 13.2 Å². The molecule has 1 aromatic carbocycles. The summed E-state index contributed by atoms with van der Waals surface area (Å²) in [4.78, 5) is 49.6. The van der Waals surface area contributed by atoms with Crippen LogP contribution in [0.15, 0.2) is 36.4 Å². The van der Waals surface area contributed by atoms with E-state index in [9.17, 15) is 19.2 Å². The summed E-state index contributed by atoms with van der Waals surface area (Å²) >= 11 is 0. The molecule has 148 valence electrons. The lowest BCUT2D eigenvalue weighted by molar-refractivity contribution is -0.150. The highest BCUT2D eigenvalue weighted by atomic mass is 16.5. The van der Waals surface area contributed by atoms with E-state index in [0.29, 0.717) is 19.4 Å². The van der Waals surface area contributed by atoms with Crippen LogP contribution < -0.4 is 5.32 Å². The number of nitrogens with zero attached hydrogens (tertiary/aromatic N) is 1. The lowest BCUT2D eigenvalue weighted by atomic mass is 9.85. The predicted molar refractivity (Wildman–Crippen MR) is 101 cm³/mol. The number of imide groups is 1. The third kappa shape index (κ3) is 4.47. The van der Waals surface area contributed by atoms with Crippen LogP contribution in [0.1, 0.15) is 30.4 Å². The van der Waals surface area contributed by atoms with Gasteiger partial charge in [0.05, 0.1) is 18.3 Å². The summed E-state index contributed by atoms with van der Waals surface area (Å²) in [5.74, 6) is -2.06. The van der Waals surface area contributed by atoms with E-state index in [1.807, 2.05) is 43.3 Å². The highest BCUT2D eigenvalue weighted by Gasteiger charge is 2.46. The molecule has 7 heteroatoms. The van der Waals surface area contributed by atoms with Crippen molar-refractivity contribution < 1.29 is 23.9 Å². The van der Waals surface area contributed by atoms with Gasteiger partial charge in [-0.2, -0.15) is 0 Å². The number of likely N-dealkylation sites (tertiary alicyclic amines) is 1. The summed E-state index contributed by atoms with van der Waals surface area (Å²) in [5.41, 5.74) is 2.06.